The second kappa shape index (κ2) is 3.21. The predicted molar refractivity (Wildman–Crippen MR) is 55.0 cm³/mol. The van der Waals surface area contributed by atoms with Crippen molar-refractivity contribution in [1.82, 2.24) is 5.06 Å². The maximum Gasteiger partial charge on any atom is 0.278 e. The van der Waals surface area contributed by atoms with E-state index in [0.29, 0.717) is 5.56 Å². The van der Waals surface area contributed by atoms with Crippen molar-refractivity contribution in [1.29, 1.82) is 0 Å². The Hall–Kier alpha value is -1.61. The molecule has 2 atom stereocenters. The molecular weight excluding hydrogens is 190 g/mol. The number of hydrogen-bond acceptors (Lipinski definition) is 2. The Kier molecular flexibility index (Phi) is 1.86. The minimum Gasteiger partial charge on any atom is -0.267 e. The van der Waals surface area contributed by atoms with E-state index in [2.05, 4.69) is 0 Å². The molecule has 2 bridgehead atoms. The fraction of sp³-hybridized carbons (Fsp3) is 0.250. The van der Waals surface area contributed by atoms with Crippen molar-refractivity contribution in [2.75, 3.05) is 0 Å². The number of rotatable bonds is 1. The number of hydrogen-bond donors (Lipinski definition) is 0. The topological polar surface area (TPSA) is 29.5 Å². The lowest BCUT2D eigenvalue weighted by atomic mass is 10.2. The normalized spacial score (nSPS) is 27.3. The highest BCUT2D eigenvalue weighted by atomic mass is 16.7. The van der Waals surface area contributed by atoms with Gasteiger partial charge in [-0.05, 0) is 12.1 Å². The Balaban J connectivity index is 1.85. The van der Waals surface area contributed by atoms with Gasteiger partial charge in [0.2, 0.25) is 0 Å². The molecule has 2 aliphatic rings. The van der Waals surface area contributed by atoms with E-state index in [4.69, 9.17) is 4.84 Å². The fourth-order valence-electron chi connectivity index (χ4n) is 2.03. The predicted octanol–water partition coefficient (Wildman–Crippen LogP) is 1.77. The number of fused-ring (bicyclic) bond motifs is 2. The number of carbonyl (C=O) groups is 1. The van der Waals surface area contributed by atoms with Crippen LogP contribution in [0.4, 0.5) is 0 Å². The summed E-state index contributed by atoms with van der Waals surface area (Å²) in [7, 11) is 0. The molecule has 0 N–H and O–H groups in total. The van der Waals surface area contributed by atoms with Crippen LogP contribution in [0.15, 0.2) is 42.5 Å². The summed E-state index contributed by atoms with van der Waals surface area (Å²) in [5, 5.41) is 1.49. The summed E-state index contributed by atoms with van der Waals surface area (Å²) in [6.07, 6.45) is 5.05. The van der Waals surface area contributed by atoms with Gasteiger partial charge in [-0.1, -0.05) is 30.4 Å². The molecule has 1 aromatic rings. The van der Waals surface area contributed by atoms with Gasteiger partial charge in [-0.3, -0.25) is 9.63 Å². The van der Waals surface area contributed by atoms with Crippen LogP contribution in [0, 0.1) is 0 Å². The average Bonchev–Trinajstić information content (AvgIpc) is 2.91. The van der Waals surface area contributed by atoms with Gasteiger partial charge in [0.25, 0.3) is 5.91 Å². The van der Waals surface area contributed by atoms with E-state index in [-0.39, 0.29) is 18.1 Å². The highest BCUT2D eigenvalue weighted by Gasteiger charge is 2.38. The molecule has 0 radical (unpaired) electrons. The molecule has 3 rings (SSSR count). The van der Waals surface area contributed by atoms with Crippen molar-refractivity contribution < 1.29 is 9.63 Å². The average molecular weight is 201 g/mol. The molecule has 1 fully saturated rings. The van der Waals surface area contributed by atoms with Crippen LogP contribution in [0.3, 0.4) is 0 Å². The molecule has 1 saturated heterocycles. The standard InChI is InChI=1S/C12H11NO2/c14-12(9-4-2-1-3-5-9)13-10-6-7-11(8-10)15-13/h1-7,10-11H,8H2/t10-,11-/m1/s1. The highest BCUT2D eigenvalue weighted by Crippen LogP contribution is 2.30. The van der Waals surface area contributed by atoms with Crippen LogP contribution in [-0.4, -0.2) is 23.1 Å². The van der Waals surface area contributed by atoms with Gasteiger partial charge in [-0.15, -0.1) is 0 Å². The van der Waals surface area contributed by atoms with Crippen LogP contribution in [0.25, 0.3) is 0 Å². The van der Waals surface area contributed by atoms with E-state index in [0.717, 1.165) is 6.42 Å². The van der Waals surface area contributed by atoms with Gasteiger partial charge in [0, 0.05) is 12.0 Å². The number of benzene rings is 1. The van der Waals surface area contributed by atoms with Crippen LogP contribution in [0.5, 0.6) is 0 Å². The van der Waals surface area contributed by atoms with Gasteiger partial charge in [-0.25, -0.2) is 5.06 Å². The minimum absolute atomic E-state index is 0.0487. The van der Waals surface area contributed by atoms with Gasteiger partial charge >= 0.3 is 0 Å². The Labute approximate surface area is 87.9 Å². The van der Waals surface area contributed by atoms with Crippen molar-refractivity contribution in [3.63, 3.8) is 0 Å². The maximum atomic E-state index is 12.0. The summed E-state index contributed by atoms with van der Waals surface area (Å²) < 4.78 is 0. The summed E-state index contributed by atoms with van der Waals surface area (Å²) in [5.41, 5.74) is 0.679. The van der Waals surface area contributed by atoms with Crippen LogP contribution in [0.2, 0.25) is 0 Å². The smallest absolute Gasteiger partial charge is 0.267 e. The first-order chi connectivity index (χ1) is 7.34. The van der Waals surface area contributed by atoms with Crippen LogP contribution >= 0.6 is 0 Å². The number of carbonyl (C=O) groups excluding carboxylic acids is 1. The third kappa shape index (κ3) is 1.36. The van der Waals surface area contributed by atoms with Gasteiger partial charge in [0.1, 0.15) is 6.10 Å². The molecule has 1 aliphatic carbocycles. The molecule has 15 heavy (non-hydrogen) atoms. The summed E-state index contributed by atoms with van der Waals surface area (Å²) in [5.74, 6) is -0.0487. The van der Waals surface area contributed by atoms with Crippen molar-refractivity contribution in [3.8, 4) is 0 Å². The Morgan fingerprint density at radius 3 is 2.67 bits per heavy atom. The SMILES string of the molecule is O=C(c1ccccc1)N1O[C@@H]2C=C[C@@H]1C2. The zero-order valence-electron chi connectivity index (χ0n) is 8.17. The van der Waals surface area contributed by atoms with E-state index in [1.807, 2.05) is 30.4 Å². The molecule has 1 aliphatic heterocycles. The minimum atomic E-state index is -0.0487. The lowest BCUT2D eigenvalue weighted by molar-refractivity contribution is -0.114. The monoisotopic (exact) mass is 201 g/mol. The first-order valence-electron chi connectivity index (χ1n) is 5.08. The van der Waals surface area contributed by atoms with Crippen molar-refractivity contribution in [2.24, 2.45) is 0 Å². The van der Waals surface area contributed by atoms with E-state index in [1.165, 1.54) is 5.06 Å². The summed E-state index contributed by atoms with van der Waals surface area (Å²) in [6.45, 7) is 0. The summed E-state index contributed by atoms with van der Waals surface area (Å²) in [6, 6.07) is 9.35. The summed E-state index contributed by atoms with van der Waals surface area (Å²) in [4.78, 5) is 17.5. The van der Waals surface area contributed by atoms with Crippen LogP contribution in [0.1, 0.15) is 16.8 Å². The fourth-order valence-corrected chi connectivity index (χ4v) is 2.03. The molecule has 76 valence electrons. The van der Waals surface area contributed by atoms with Gasteiger partial charge in [0.05, 0.1) is 6.04 Å². The number of amides is 1. The zero-order chi connectivity index (χ0) is 10.3. The summed E-state index contributed by atoms with van der Waals surface area (Å²) >= 11 is 0. The van der Waals surface area contributed by atoms with E-state index in [9.17, 15) is 4.79 Å². The Bertz CT molecular complexity index is 413. The van der Waals surface area contributed by atoms with E-state index in [1.54, 1.807) is 12.1 Å². The van der Waals surface area contributed by atoms with Crippen molar-refractivity contribution >= 4 is 5.91 Å². The van der Waals surface area contributed by atoms with E-state index >= 15 is 0 Å². The molecule has 3 nitrogen and oxygen atoms in total. The second-order valence-electron chi connectivity index (χ2n) is 3.83. The van der Waals surface area contributed by atoms with E-state index < -0.39 is 0 Å². The largest absolute Gasteiger partial charge is 0.278 e. The maximum absolute atomic E-state index is 12.0. The first-order valence-corrected chi connectivity index (χ1v) is 5.08. The third-order valence-corrected chi connectivity index (χ3v) is 2.79. The third-order valence-electron chi connectivity index (χ3n) is 2.79. The highest BCUT2D eigenvalue weighted by molar-refractivity contribution is 5.94. The Morgan fingerprint density at radius 1 is 1.27 bits per heavy atom. The molecule has 0 spiro atoms. The lowest BCUT2D eigenvalue weighted by Crippen LogP contribution is -2.34. The molecule has 1 heterocycles. The lowest BCUT2D eigenvalue weighted by Gasteiger charge is -2.22. The first kappa shape index (κ1) is 8.68. The van der Waals surface area contributed by atoms with Gasteiger partial charge in [0.15, 0.2) is 0 Å². The van der Waals surface area contributed by atoms with Crippen LogP contribution in [-0.2, 0) is 4.84 Å². The Morgan fingerprint density at radius 2 is 2.07 bits per heavy atom. The van der Waals surface area contributed by atoms with Crippen molar-refractivity contribution in [3.05, 3.63) is 48.0 Å². The second-order valence-corrected chi connectivity index (χ2v) is 3.83. The van der Waals surface area contributed by atoms with Gasteiger partial charge < -0.3 is 0 Å². The molecular formula is C12H11NO2. The zero-order valence-corrected chi connectivity index (χ0v) is 8.17. The molecule has 1 aromatic carbocycles. The molecule has 1 amide bonds. The number of nitrogens with zero attached hydrogens (tertiary/aromatic N) is 1. The molecule has 0 aromatic heterocycles. The van der Waals surface area contributed by atoms with Crippen LogP contribution < -0.4 is 0 Å². The van der Waals surface area contributed by atoms with Crippen molar-refractivity contribution in [2.45, 2.75) is 18.6 Å². The quantitative estimate of drug-likeness (QED) is 0.648. The molecule has 0 unspecified atom stereocenters. The molecule has 0 saturated carbocycles. The number of hydroxylamine groups is 2. The molecule has 3 heteroatoms. The van der Waals surface area contributed by atoms with Gasteiger partial charge in [-0.2, -0.15) is 0 Å².